The lowest BCUT2D eigenvalue weighted by molar-refractivity contribution is -0.144. The van der Waals surface area contributed by atoms with E-state index in [0.29, 0.717) is 45.0 Å². The molecule has 0 radical (unpaired) electrons. The second-order valence-corrected chi connectivity index (χ2v) is 14.8. The molecule has 282 valence electrons. The van der Waals surface area contributed by atoms with E-state index in [0.717, 1.165) is 22.7 Å². The lowest BCUT2D eigenvalue weighted by atomic mass is 9.96. The molecule has 4 aromatic rings. The molecule has 0 aliphatic rings. The number of carbonyl (C=O) groups is 3. The second kappa shape index (κ2) is 20.2. The maximum Gasteiger partial charge on any atom is 0.407 e. The van der Waals surface area contributed by atoms with Crippen molar-refractivity contribution in [1.82, 2.24) is 20.6 Å². The second-order valence-electron chi connectivity index (χ2n) is 12.5. The van der Waals surface area contributed by atoms with Crippen LogP contribution in [0, 0.1) is 22.7 Å². The third-order valence-corrected chi connectivity index (χ3v) is 9.34. The van der Waals surface area contributed by atoms with E-state index in [1.165, 1.54) is 23.1 Å². The van der Waals surface area contributed by atoms with Crippen molar-refractivity contribution in [1.29, 1.82) is 10.5 Å². The number of thioether (sulfide) groups is 1. The van der Waals surface area contributed by atoms with Gasteiger partial charge in [-0.05, 0) is 57.0 Å². The molecule has 0 saturated carbocycles. The van der Waals surface area contributed by atoms with Gasteiger partial charge in [-0.15, -0.1) is 11.3 Å². The highest BCUT2D eigenvalue weighted by Gasteiger charge is 2.22. The summed E-state index contributed by atoms with van der Waals surface area (Å²) in [4.78, 5) is 45.2. The van der Waals surface area contributed by atoms with Crippen molar-refractivity contribution in [2.75, 3.05) is 38.2 Å². The van der Waals surface area contributed by atoms with Crippen molar-refractivity contribution in [2.45, 2.75) is 56.9 Å². The topological polar surface area (TPSA) is 188 Å². The molecule has 0 spiro atoms. The minimum Gasteiger partial charge on any atom is -0.490 e. The molecule has 0 bridgehead atoms. The van der Waals surface area contributed by atoms with Gasteiger partial charge in [-0.2, -0.15) is 10.5 Å². The molecule has 3 N–H and O–H groups in total. The Bertz CT molecular complexity index is 2000. The largest absolute Gasteiger partial charge is 0.490 e. The van der Waals surface area contributed by atoms with E-state index in [4.69, 9.17) is 35.8 Å². The zero-order valence-corrected chi connectivity index (χ0v) is 32.7. The average molecular weight is 790 g/mol. The number of aromatic nitrogens is 2. The number of hydrogen-bond acceptors (Lipinski definition) is 13. The Morgan fingerprint density at radius 3 is 2.30 bits per heavy atom. The van der Waals surface area contributed by atoms with Gasteiger partial charge in [0, 0.05) is 46.8 Å². The number of hydrogen-bond donors (Lipinski definition) is 3. The maximum atomic E-state index is 12.1. The summed E-state index contributed by atoms with van der Waals surface area (Å²) in [5.74, 6) is 0.250. The number of nitrogens with one attached hydrogen (secondary N) is 3. The Morgan fingerprint density at radius 1 is 0.926 bits per heavy atom. The highest BCUT2D eigenvalue weighted by atomic mass is 35.5. The molecule has 0 fully saturated rings. The maximum absolute atomic E-state index is 12.1. The minimum atomic E-state index is -0.650. The van der Waals surface area contributed by atoms with Gasteiger partial charge in [0.2, 0.25) is 5.91 Å². The standard InChI is InChI=1S/C38H40ClN7O6S2/c1-5-15-42-34-29(19-40)33(30(20-41)36(46-34)54-23-27-22-53-35(45-27)25-6-10-26(39)11-7-25)24-8-12-28(13-9-24)50-17-18-51-32(48)21-44-31(47)14-16-43-37(49)52-38(2,3)4/h6-13,22H,5,14-18,21,23H2,1-4H3,(H,42,46)(H,43,49)(H,44,47). The van der Waals surface area contributed by atoms with Crippen LogP contribution in [0.2, 0.25) is 5.02 Å². The minimum absolute atomic E-state index is 0.0350. The van der Waals surface area contributed by atoms with Gasteiger partial charge >= 0.3 is 12.1 Å². The molecule has 2 heterocycles. The molecule has 2 amide bonds. The number of carbonyl (C=O) groups excluding carboxylic acids is 3. The molecule has 0 atom stereocenters. The van der Waals surface area contributed by atoms with Crippen LogP contribution in [0.3, 0.4) is 0 Å². The van der Waals surface area contributed by atoms with E-state index in [-0.39, 0.29) is 43.9 Å². The van der Waals surface area contributed by atoms with E-state index in [2.05, 4.69) is 28.1 Å². The van der Waals surface area contributed by atoms with Crippen LogP contribution in [0.1, 0.15) is 57.4 Å². The van der Waals surface area contributed by atoms with Gasteiger partial charge in [0.05, 0.1) is 11.3 Å². The Hall–Kier alpha value is -5.35. The number of thiazole rings is 1. The molecule has 0 aliphatic carbocycles. The number of amides is 2. The van der Waals surface area contributed by atoms with E-state index < -0.39 is 23.6 Å². The number of benzene rings is 2. The zero-order chi connectivity index (χ0) is 39.1. The molecule has 13 nitrogen and oxygen atoms in total. The Balaban J connectivity index is 1.35. The highest BCUT2D eigenvalue weighted by molar-refractivity contribution is 7.98. The fourth-order valence-corrected chi connectivity index (χ4v) is 6.65. The molecule has 0 aliphatic heterocycles. The molecule has 0 saturated heterocycles. The monoisotopic (exact) mass is 789 g/mol. The number of nitrogens with zero attached hydrogens (tertiary/aromatic N) is 4. The summed E-state index contributed by atoms with van der Waals surface area (Å²) in [6, 6.07) is 18.9. The Kier molecular flexibility index (Phi) is 15.5. The van der Waals surface area contributed by atoms with Crippen LogP contribution >= 0.6 is 34.7 Å². The summed E-state index contributed by atoms with van der Waals surface area (Å²) in [5.41, 5.74) is 2.76. The first-order valence-corrected chi connectivity index (χ1v) is 19.2. The van der Waals surface area contributed by atoms with Crippen LogP contribution in [0.15, 0.2) is 58.9 Å². The molecule has 4 rings (SSSR count). The summed E-state index contributed by atoms with van der Waals surface area (Å²) in [7, 11) is 0. The lowest BCUT2D eigenvalue weighted by Crippen LogP contribution is -2.36. The van der Waals surface area contributed by atoms with Gasteiger partial charge < -0.3 is 30.2 Å². The number of halogens is 1. The average Bonchev–Trinajstić information content (AvgIpc) is 3.62. The zero-order valence-electron chi connectivity index (χ0n) is 30.3. The number of ether oxygens (including phenoxy) is 3. The summed E-state index contributed by atoms with van der Waals surface area (Å²) in [5, 5.41) is 32.7. The number of anilines is 1. The van der Waals surface area contributed by atoms with Crippen LogP contribution in [-0.4, -0.2) is 66.4 Å². The summed E-state index contributed by atoms with van der Waals surface area (Å²) < 4.78 is 16.0. The van der Waals surface area contributed by atoms with E-state index >= 15 is 0 Å². The number of alkyl carbamates (subject to hydrolysis) is 1. The summed E-state index contributed by atoms with van der Waals surface area (Å²) in [6.07, 6.45) is 0.139. The van der Waals surface area contributed by atoms with Crippen molar-refractivity contribution in [3.8, 4) is 39.6 Å². The SMILES string of the molecule is CCCNc1nc(SCc2csc(-c3ccc(Cl)cc3)n2)c(C#N)c(-c2ccc(OCCOC(=O)CNC(=O)CCNC(=O)OC(C)(C)C)cc2)c1C#N. The molecular formula is C38H40ClN7O6S2. The molecule has 16 heteroatoms. The van der Waals surface area contributed by atoms with Crippen molar-refractivity contribution < 1.29 is 28.6 Å². The first-order valence-electron chi connectivity index (χ1n) is 17.0. The quantitative estimate of drug-likeness (QED) is 0.0550. The molecule has 2 aromatic carbocycles. The van der Waals surface area contributed by atoms with Gasteiger partial charge in [-0.3, -0.25) is 9.59 Å². The predicted molar refractivity (Wildman–Crippen MR) is 208 cm³/mol. The molecule has 0 unspecified atom stereocenters. The van der Waals surface area contributed by atoms with Crippen LogP contribution in [0.5, 0.6) is 5.75 Å². The van der Waals surface area contributed by atoms with Gasteiger partial charge in [0.15, 0.2) is 0 Å². The van der Waals surface area contributed by atoms with Crippen molar-refractivity contribution >= 4 is 58.5 Å². The third-order valence-electron chi connectivity index (χ3n) is 7.14. The first-order chi connectivity index (χ1) is 25.9. The number of nitriles is 2. The first kappa shape index (κ1) is 41.4. The number of esters is 1. The molecule has 54 heavy (non-hydrogen) atoms. The van der Waals surface area contributed by atoms with Gasteiger partial charge in [0.25, 0.3) is 0 Å². The van der Waals surface area contributed by atoms with E-state index in [1.807, 2.05) is 36.6 Å². The normalized spacial score (nSPS) is 10.8. The van der Waals surface area contributed by atoms with Crippen molar-refractivity contribution in [3.05, 3.63) is 75.8 Å². The number of pyridine rings is 1. The van der Waals surface area contributed by atoms with Crippen LogP contribution in [0.25, 0.3) is 21.7 Å². The van der Waals surface area contributed by atoms with Gasteiger partial charge in [-0.1, -0.05) is 54.6 Å². The van der Waals surface area contributed by atoms with Gasteiger partial charge in [0.1, 0.15) is 64.7 Å². The van der Waals surface area contributed by atoms with Crippen LogP contribution in [-0.2, 0) is 24.8 Å². The van der Waals surface area contributed by atoms with Crippen molar-refractivity contribution in [3.63, 3.8) is 0 Å². The molecule has 2 aromatic heterocycles. The van der Waals surface area contributed by atoms with Crippen LogP contribution < -0.4 is 20.7 Å². The van der Waals surface area contributed by atoms with Crippen LogP contribution in [0.4, 0.5) is 10.6 Å². The lowest BCUT2D eigenvalue weighted by Gasteiger charge is -2.19. The number of rotatable bonds is 17. The smallest absolute Gasteiger partial charge is 0.407 e. The van der Waals surface area contributed by atoms with Gasteiger partial charge in [-0.25, -0.2) is 14.8 Å². The predicted octanol–water partition coefficient (Wildman–Crippen LogP) is 7.34. The third kappa shape index (κ3) is 12.7. The molecular weight excluding hydrogens is 750 g/mol. The Labute approximate surface area is 327 Å². The summed E-state index contributed by atoms with van der Waals surface area (Å²) >= 11 is 8.93. The fraction of sp³-hybridized carbons (Fsp3) is 0.342. The summed E-state index contributed by atoms with van der Waals surface area (Å²) in [6.45, 7) is 7.49. The van der Waals surface area contributed by atoms with E-state index in [1.54, 1.807) is 45.0 Å². The highest BCUT2D eigenvalue weighted by Crippen LogP contribution is 2.38. The Morgan fingerprint density at radius 2 is 1.63 bits per heavy atom. The fourth-order valence-electron chi connectivity index (χ4n) is 4.72. The van der Waals surface area contributed by atoms with Crippen molar-refractivity contribution in [2.24, 2.45) is 0 Å². The van der Waals surface area contributed by atoms with E-state index in [9.17, 15) is 24.9 Å².